The molecule has 0 fully saturated rings. The van der Waals surface area contributed by atoms with Gasteiger partial charge in [-0.15, -0.1) is 22.7 Å². The van der Waals surface area contributed by atoms with Crippen LogP contribution in [0.1, 0.15) is 9.88 Å². The molecule has 3 rings (SSSR count). The first kappa shape index (κ1) is 13.5. The van der Waals surface area contributed by atoms with Gasteiger partial charge in [-0.3, -0.25) is 0 Å². The number of thiophene rings is 1. The Balaban J connectivity index is 1.65. The first-order chi connectivity index (χ1) is 9.81. The number of benzene rings is 1. The monoisotopic (exact) mass is 301 g/mol. The van der Waals surface area contributed by atoms with Gasteiger partial charge in [-0.25, -0.2) is 4.98 Å². The van der Waals surface area contributed by atoms with Crippen LogP contribution in [0.5, 0.6) is 0 Å². The van der Waals surface area contributed by atoms with Crippen LogP contribution in [0.2, 0.25) is 0 Å². The van der Waals surface area contributed by atoms with Gasteiger partial charge in [0.2, 0.25) is 0 Å². The highest BCUT2D eigenvalue weighted by Gasteiger charge is 2.11. The zero-order chi connectivity index (χ0) is 13.8. The van der Waals surface area contributed by atoms with Crippen LogP contribution in [-0.2, 0) is 12.8 Å². The van der Waals surface area contributed by atoms with Crippen molar-refractivity contribution in [1.29, 1.82) is 0 Å². The van der Waals surface area contributed by atoms with E-state index in [0.29, 0.717) is 12.8 Å². The minimum Gasteiger partial charge on any atom is -0.392 e. The fourth-order valence-corrected chi connectivity index (χ4v) is 3.73. The van der Waals surface area contributed by atoms with E-state index in [9.17, 15) is 5.11 Å². The van der Waals surface area contributed by atoms with Gasteiger partial charge in [0.05, 0.1) is 16.8 Å². The number of aliphatic hydroxyl groups is 1. The summed E-state index contributed by atoms with van der Waals surface area (Å²) in [6.07, 6.45) is 0.969. The van der Waals surface area contributed by atoms with E-state index in [4.69, 9.17) is 0 Å². The Morgan fingerprint density at radius 2 is 1.85 bits per heavy atom. The summed E-state index contributed by atoms with van der Waals surface area (Å²) in [7, 11) is 0. The molecule has 0 radical (unpaired) electrons. The Hall–Kier alpha value is -1.49. The second kappa shape index (κ2) is 6.31. The van der Waals surface area contributed by atoms with Crippen molar-refractivity contribution in [3.63, 3.8) is 0 Å². The Kier molecular flexibility index (Phi) is 4.25. The third kappa shape index (κ3) is 3.33. The van der Waals surface area contributed by atoms with Crippen molar-refractivity contribution in [2.45, 2.75) is 18.9 Å². The van der Waals surface area contributed by atoms with E-state index in [-0.39, 0.29) is 6.10 Å². The molecule has 1 unspecified atom stereocenters. The summed E-state index contributed by atoms with van der Waals surface area (Å²) in [6, 6.07) is 14.2. The number of thiazole rings is 1. The highest BCUT2D eigenvalue weighted by Crippen LogP contribution is 2.23. The summed E-state index contributed by atoms with van der Waals surface area (Å²) in [5.41, 5.74) is 2.12. The molecule has 0 spiro atoms. The number of aliphatic hydroxyl groups excluding tert-OH is 1. The molecule has 20 heavy (non-hydrogen) atoms. The van der Waals surface area contributed by atoms with Crippen molar-refractivity contribution >= 4 is 22.7 Å². The zero-order valence-corrected chi connectivity index (χ0v) is 12.5. The van der Waals surface area contributed by atoms with Crippen molar-refractivity contribution < 1.29 is 5.11 Å². The van der Waals surface area contributed by atoms with Crippen molar-refractivity contribution in [3.8, 4) is 11.3 Å². The molecule has 0 aliphatic rings. The van der Waals surface area contributed by atoms with Gasteiger partial charge in [-0.05, 0) is 11.4 Å². The van der Waals surface area contributed by atoms with Crippen LogP contribution in [-0.4, -0.2) is 16.2 Å². The molecule has 4 heteroatoms. The Bertz CT molecular complexity index is 646. The fourth-order valence-electron chi connectivity index (χ4n) is 2.08. The number of hydrogen-bond donors (Lipinski definition) is 1. The van der Waals surface area contributed by atoms with Gasteiger partial charge < -0.3 is 5.11 Å². The molecule has 1 atom stereocenters. The minimum atomic E-state index is -0.358. The lowest BCUT2D eigenvalue weighted by Gasteiger charge is -2.06. The second-order valence-corrected chi connectivity index (χ2v) is 6.61. The Morgan fingerprint density at radius 3 is 2.60 bits per heavy atom. The SMILES string of the molecule is OC(Cc1cccs1)Cc1nc(-c2ccccc2)cs1. The molecule has 102 valence electrons. The van der Waals surface area contributed by atoms with Gasteiger partial charge in [0.15, 0.2) is 0 Å². The molecule has 0 saturated heterocycles. The predicted octanol–water partition coefficient (Wildman–Crippen LogP) is 4.02. The lowest BCUT2D eigenvalue weighted by molar-refractivity contribution is 0.176. The van der Waals surface area contributed by atoms with E-state index >= 15 is 0 Å². The molecule has 0 amide bonds. The standard InChI is InChI=1S/C16H15NOS2/c18-13(9-14-7-4-8-19-14)10-16-17-15(11-20-16)12-5-2-1-3-6-12/h1-8,11,13,18H,9-10H2. The predicted molar refractivity (Wildman–Crippen MR) is 85.3 cm³/mol. The summed E-state index contributed by atoms with van der Waals surface area (Å²) in [5, 5.41) is 15.2. The molecule has 0 aliphatic heterocycles. The summed E-state index contributed by atoms with van der Waals surface area (Å²) < 4.78 is 0. The summed E-state index contributed by atoms with van der Waals surface area (Å²) in [4.78, 5) is 5.83. The molecule has 3 aromatic rings. The Labute approximate surface area is 126 Å². The lowest BCUT2D eigenvalue weighted by atomic mass is 10.1. The largest absolute Gasteiger partial charge is 0.392 e. The van der Waals surface area contributed by atoms with Crippen LogP contribution in [0.3, 0.4) is 0 Å². The van der Waals surface area contributed by atoms with Crippen molar-refractivity contribution in [1.82, 2.24) is 4.98 Å². The van der Waals surface area contributed by atoms with Gasteiger partial charge in [-0.2, -0.15) is 0 Å². The van der Waals surface area contributed by atoms with Crippen LogP contribution in [0.25, 0.3) is 11.3 Å². The van der Waals surface area contributed by atoms with Crippen LogP contribution < -0.4 is 0 Å². The highest BCUT2D eigenvalue weighted by atomic mass is 32.1. The van der Waals surface area contributed by atoms with Gasteiger partial charge >= 0.3 is 0 Å². The first-order valence-electron chi connectivity index (χ1n) is 6.51. The molecule has 2 aromatic heterocycles. The number of nitrogens with zero attached hydrogens (tertiary/aromatic N) is 1. The van der Waals surface area contributed by atoms with Crippen LogP contribution in [0, 0.1) is 0 Å². The second-order valence-electron chi connectivity index (χ2n) is 4.63. The average Bonchev–Trinajstić information content (AvgIpc) is 3.11. The van der Waals surface area contributed by atoms with Crippen molar-refractivity contribution in [2.75, 3.05) is 0 Å². The fraction of sp³-hybridized carbons (Fsp3) is 0.188. The summed E-state index contributed by atoms with van der Waals surface area (Å²) >= 11 is 3.30. The molecule has 2 nitrogen and oxygen atoms in total. The van der Waals surface area contributed by atoms with E-state index in [1.165, 1.54) is 4.88 Å². The first-order valence-corrected chi connectivity index (χ1v) is 8.27. The molecule has 0 saturated carbocycles. The maximum atomic E-state index is 10.1. The summed E-state index contributed by atoms with van der Waals surface area (Å²) in [6.45, 7) is 0. The van der Waals surface area contributed by atoms with E-state index < -0.39 is 0 Å². The van der Waals surface area contributed by atoms with Crippen molar-refractivity contribution in [3.05, 3.63) is 63.1 Å². The molecular formula is C16H15NOS2. The quantitative estimate of drug-likeness (QED) is 0.772. The van der Waals surface area contributed by atoms with Crippen LogP contribution in [0.4, 0.5) is 0 Å². The molecule has 1 aromatic carbocycles. The summed E-state index contributed by atoms with van der Waals surface area (Å²) in [5.74, 6) is 0. The highest BCUT2D eigenvalue weighted by molar-refractivity contribution is 7.10. The smallest absolute Gasteiger partial charge is 0.0958 e. The van der Waals surface area contributed by atoms with Gasteiger partial charge in [0.1, 0.15) is 0 Å². The molecule has 1 N–H and O–H groups in total. The normalized spacial score (nSPS) is 12.4. The molecule has 2 heterocycles. The third-order valence-electron chi connectivity index (χ3n) is 3.05. The number of aromatic nitrogens is 1. The van der Waals surface area contributed by atoms with Crippen molar-refractivity contribution in [2.24, 2.45) is 0 Å². The van der Waals surface area contributed by atoms with Gasteiger partial charge in [0.25, 0.3) is 0 Å². The van der Waals surface area contributed by atoms with Crippen LogP contribution in [0.15, 0.2) is 53.2 Å². The third-order valence-corrected chi connectivity index (χ3v) is 4.82. The molecule has 0 bridgehead atoms. The minimum absolute atomic E-state index is 0.358. The van der Waals surface area contributed by atoms with Crippen LogP contribution >= 0.6 is 22.7 Å². The zero-order valence-electron chi connectivity index (χ0n) is 10.9. The Morgan fingerprint density at radius 1 is 1.00 bits per heavy atom. The van der Waals surface area contributed by atoms with E-state index in [2.05, 4.69) is 28.6 Å². The van der Waals surface area contributed by atoms with E-state index in [1.807, 2.05) is 29.6 Å². The number of hydrogen-bond acceptors (Lipinski definition) is 4. The maximum absolute atomic E-state index is 10.1. The average molecular weight is 301 g/mol. The van der Waals surface area contributed by atoms with Gasteiger partial charge in [0, 0.05) is 28.7 Å². The van der Waals surface area contributed by atoms with E-state index in [0.717, 1.165) is 16.3 Å². The van der Waals surface area contributed by atoms with Gasteiger partial charge in [-0.1, -0.05) is 36.4 Å². The number of rotatable bonds is 5. The maximum Gasteiger partial charge on any atom is 0.0958 e. The topological polar surface area (TPSA) is 33.1 Å². The van der Waals surface area contributed by atoms with E-state index in [1.54, 1.807) is 22.7 Å². The molecule has 0 aliphatic carbocycles. The molecular weight excluding hydrogens is 286 g/mol. The lowest BCUT2D eigenvalue weighted by Crippen LogP contribution is -2.12.